The van der Waals surface area contributed by atoms with Crippen molar-refractivity contribution in [3.8, 4) is 11.5 Å². The molecule has 9 heteroatoms. The van der Waals surface area contributed by atoms with E-state index in [1.165, 1.54) is 44.6 Å². The van der Waals surface area contributed by atoms with Crippen LogP contribution in [-0.2, 0) is 10.1 Å². The quantitative estimate of drug-likeness (QED) is 0.491. The van der Waals surface area contributed by atoms with Gasteiger partial charge in [-0.3, -0.25) is 4.55 Å². The summed E-state index contributed by atoms with van der Waals surface area (Å²) in [6, 6.07) is 8.73. The van der Waals surface area contributed by atoms with Crippen LogP contribution in [-0.4, -0.2) is 27.2 Å². The lowest BCUT2D eigenvalue weighted by Crippen LogP contribution is -1.97. The summed E-state index contributed by atoms with van der Waals surface area (Å²) in [7, 11) is -1.55. The minimum absolute atomic E-state index is 0.0177. The lowest BCUT2D eigenvalue weighted by Gasteiger charge is -2.10. The molecule has 0 bridgehead atoms. The zero-order valence-electron chi connectivity index (χ0n) is 12.4. The fraction of sp³-hybridized carbons (Fsp3) is 0.143. The molecule has 0 aliphatic rings. The van der Waals surface area contributed by atoms with Gasteiger partial charge in [0.25, 0.3) is 10.1 Å². The highest BCUT2D eigenvalue weighted by Crippen LogP contribution is 2.40. The predicted molar refractivity (Wildman–Crippen MR) is 84.4 cm³/mol. The van der Waals surface area contributed by atoms with Gasteiger partial charge in [-0.25, -0.2) is 0 Å². The van der Waals surface area contributed by atoms with E-state index in [2.05, 4.69) is 10.2 Å². The van der Waals surface area contributed by atoms with E-state index in [1.807, 2.05) is 0 Å². The molecule has 0 saturated carbocycles. The second-order valence-electron chi connectivity index (χ2n) is 4.42. The second-order valence-corrected chi connectivity index (χ2v) is 5.81. The van der Waals surface area contributed by atoms with Crippen molar-refractivity contribution in [2.24, 2.45) is 10.2 Å². The van der Waals surface area contributed by atoms with Crippen LogP contribution in [0, 0.1) is 0 Å². The van der Waals surface area contributed by atoms with Crippen molar-refractivity contribution in [1.29, 1.82) is 0 Å². The Balaban J connectivity index is 2.54. The average molecular weight is 337 g/mol. The Morgan fingerprint density at radius 1 is 1.04 bits per heavy atom. The van der Waals surface area contributed by atoms with Gasteiger partial charge in [-0.15, -0.1) is 10.2 Å². The predicted octanol–water partition coefficient (Wildman–Crippen LogP) is 2.95. The first kappa shape index (κ1) is 16.7. The van der Waals surface area contributed by atoms with Crippen molar-refractivity contribution in [2.75, 3.05) is 20.0 Å². The van der Waals surface area contributed by atoms with E-state index in [9.17, 15) is 13.0 Å². The zero-order chi connectivity index (χ0) is 17.0. The fourth-order valence-electron chi connectivity index (χ4n) is 1.87. The molecule has 0 aliphatic heterocycles. The first-order valence-electron chi connectivity index (χ1n) is 6.36. The number of hydrogen-bond donors (Lipinski definition) is 2. The molecule has 0 aromatic heterocycles. The molecule has 0 spiro atoms. The van der Waals surface area contributed by atoms with Crippen LogP contribution in [0.25, 0.3) is 0 Å². The molecule has 23 heavy (non-hydrogen) atoms. The number of nitrogens with zero attached hydrogens (tertiary/aromatic N) is 2. The van der Waals surface area contributed by atoms with E-state index in [0.717, 1.165) is 0 Å². The normalized spacial score (nSPS) is 11.6. The number of rotatable bonds is 5. The average Bonchev–Trinajstić information content (AvgIpc) is 2.52. The van der Waals surface area contributed by atoms with E-state index < -0.39 is 10.1 Å². The van der Waals surface area contributed by atoms with Crippen LogP contribution in [0.15, 0.2) is 51.5 Å². The highest BCUT2D eigenvalue weighted by atomic mass is 32.2. The molecule has 0 saturated heterocycles. The molecule has 2 aromatic carbocycles. The molecule has 0 unspecified atom stereocenters. The first-order chi connectivity index (χ1) is 10.9. The Labute approximate surface area is 133 Å². The van der Waals surface area contributed by atoms with Crippen LogP contribution in [0.5, 0.6) is 11.5 Å². The zero-order valence-corrected chi connectivity index (χ0v) is 13.2. The van der Waals surface area contributed by atoms with Crippen molar-refractivity contribution in [3.63, 3.8) is 0 Å². The van der Waals surface area contributed by atoms with Crippen LogP contribution < -0.4 is 15.2 Å². The van der Waals surface area contributed by atoms with Crippen molar-refractivity contribution in [3.05, 3.63) is 36.4 Å². The minimum Gasteiger partial charge on any atom is -0.494 e. The molecular formula is C14H15N3O5S. The maximum Gasteiger partial charge on any atom is 0.296 e. The summed E-state index contributed by atoms with van der Waals surface area (Å²) in [5.41, 5.74) is 6.36. The number of nitrogen functional groups attached to an aromatic ring is 1. The highest BCUT2D eigenvalue weighted by molar-refractivity contribution is 7.86. The van der Waals surface area contributed by atoms with Gasteiger partial charge >= 0.3 is 0 Å². The van der Waals surface area contributed by atoms with Gasteiger partial charge in [-0.1, -0.05) is 12.1 Å². The van der Waals surface area contributed by atoms with Crippen LogP contribution in [0.4, 0.5) is 17.1 Å². The summed E-state index contributed by atoms with van der Waals surface area (Å²) < 4.78 is 42.2. The summed E-state index contributed by atoms with van der Waals surface area (Å²) in [6.45, 7) is 0. The van der Waals surface area contributed by atoms with E-state index in [4.69, 9.17) is 15.2 Å². The van der Waals surface area contributed by atoms with Crippen LogP contribution in [0.3, 0.4) is 0 Å². The standard InChI is InChI=1S/C14H15N3O5S/c1-21-11-7-9(15)8-12(22-2)14(11)17-16-10-5-3-4-6-13(10)23(18,19)20/h3-8H,15H2,1-2H3,(H,18,19,20). The van der Waals surface area contributed by atoms with E-state index in [-0.39, 0.29) is 16.3 Å². The maximum atomic E-state index is 11.3. The van der Waals surface area contributed by atoms with Gasteiger partial charge in [0.2, 0.25) is 0 Å². The molecule has 122 valence electrons. The van der Waals surface area contributed by atoms with Gasteiger partial charge in [0.1, 0.15) is 10.6 Å². The Bertz CT molecular complexity index is 824. The number of hydrogen-bond acceptors (Lipinski definition) is 7. The SMILES string of the molecule is COc1cc(N)cc(OC)c1N=Nc1ccccc1S(=O)(=O)O. The van der Waals surface area contributed by atoms with Gasteiger partial charge < -0.3 is 15.2 Å². The summed E-state index contributed by atoms with van der Waals surface area (Å²) >= 11 is 0. The van der Waals surface area contributed by atoms with Crippen molar-refractivity contribution < 1.29 is 22.4 Å². The smallest absolute Gasteiger partial charge is 0.296 e. The first-order valence-corrected chi connectivity index (χ1v) is 7.80. The topological polar surface area (TPSA) is 124 Å². The third kappa shape index (κ3) is 3.76. The van der Waals surface area contributed by atoms with Crippen LogP contribution >= 0.6 is 0 Å². The summed E-state index contributed by atoms with van der Waals surface area (Å²) in [6.07, 6.45) is 0. The van der Waals surface area contributed by atoms with E-state index in [1.54, 1.807) is 6.07 Å². The number of methoxy groups -OCH3 is 2. The van der Waals surface area contributed by atoms with E-state index in [0.29, 0.717) is 17.2 Å². The monoisotopic (exact) mass is 337 g/mol. The molecule has 0 radical (unpaired) electrons. The van der Waals surface area contributed by atoms with Crippen LogP contribution in [0.2, 0.25) is 0 Å². The Morgan fingerprint density at radius 2 is 1.61 bits per heavy atom. The Hall–Kier alpha value is -2.65. The van der Waals surface area contributed by atoms with Crippen LogP contribution in [0.1, 0.15) is 0 Å². The largest absolute Gasteiger partial charge is 0.494 e. The minimum atomic E-state index is -4.41. The van der Waals surface area contributed by atoms with Crippen molar-refractivity contribution >= 4 is 27.2 Å². The maximum absolute atomic E-state index is 11.3. The molecule has 3 N–H and O–H groups in total. The third-order valence-electron chi connectivity index (χ3n) is 2.90. The molecular weight excluding hydrogens is 322 g/mol. The number of ether oxygens (including phenoxy) is 2. The second kappa shape index (κ2) is 6.63. The molecule has 8 nitrogen and oxygen atoms in total. The highest BCUT2D eigenvalue weighted by Gasteiger charge is 2.16. The number of anilines is 1. The molecule has 0 amide bonds. The lowest BCUT2D eigenvalue weighted by molar-refractivity contribution is 0.397. The summed E-state index contributed by atoms with van der Waals surface area (Å²) in [4.78, 5) is -0.350. The molecule has 2 rings (SSSR count). The molecule has 0 fully saturated rings. The summed E-state index contributed by atoms with van der Waals surface area (Å²) in [5, 5.41) is 7.85. The number of benzene rings is 2. The van der Waals surface area contributed by atoms with Gasteiger partial charge in [0, 0.05) is 17.8 Å². The fourth-order valence-corrected chi connectivity index (χ4v) is 2.50. The molecule has 0 atom stereocenters. The van der Waals surface area contributed by atoms with Crippen molar-refractivity contribution in [1.82, 2.24) is 0 Å². The third-order valence-corrected chi connectivity index (χ3v) is 3.80. The van der Waals surface area contributed by atoms with E-state index >= 15 is 0 Å². The van der Waals surface area contributed by atoms with Gasteiger partial charge in [-0.05, 0) is 12.1 Å². The number of azo groups is 1. The molecule has 2 aromatic rings. The Kier molecular flexibility index (Phi) is 4.82. The van der Waals surface area contributed by atoms with Gasteiger partial charge in [0.15, 0.2) is 17.2 Å². The lowest BCUT2D eigenvalue weighted by atomic mass is 10.2. The molecule has 0 heterocycles. The van der Waals surface area contributed by atoms with Gasteiger partial charge in [-0.2, -0.15) is 8.42 Å². The summed E-state index contributed by atoms with van der Waals surface area (Å²) in [5.74, 6) is 0.630. The van der Waals surface area contributed by atoms with Gasteiger partial charge in [0.05, 0.1) is 14.2 Å². The molecule has 0 aliphatic carbocycles. The van der Waals surface area contributed by atoms with Crippen molar-refractivity contribution in [2.45, 2.75) is 4.90 Å². The Morgan fingerprint density at radius 3 is 2.13 bits per heavy atom. The number of nitrogens with two attached hydrogens (primary N) is 1.